The van der Waals surface area contributed by atoms with Crippen molar-refractivity contribution in [1.29, 1.82) is 0 Å². The standard InChI is InChI=1S/C16H20N2OS.ClH/c1-2-14-8-11-20-15(14)16(19)18(10-9-17)12-13-6-4-3-5-7-13;/h3-8,11H,2,9-10,12,17H2,1H3;1H. The van der Waals surface area contributed by atoms with Crippen LogP contribution in [0.2, 0.25) is 0 Å². The van der Waals surface area contributed by atoms with Crippen LogP contribution in [0.5, 0.6) is 0 Å². The fourth-order valence-corrected chi connectivity index (χ4v) is 3.12. The van der Waals surface area contributed by atoms with E-state index in [0.29, 0.717) is 19.6 Å². The highest BCUT2D eigenvalue weighted by Crippen LogP contribution is 2.20. The number of carbonyl (C=O) groups excluding carboxylic acids is 1. The van der Waals surface area contributed by atoms with E-state index in [1.54, 1.807) is 0 Å². The molecule has 0 aliphatic heterocycles. The van der Waals surface area contributed by atoms with Gasteiger partial charge in [-0.25, -0.2) is 0 Å². The lowest BCUT2D eigenvalue weighted by atomic mass is 10.1. The molecule has 0 radical (unpaired) electrons. The molecule has 2 aromatic rings. The van der Waals surface area contributed by atoms with E-state index < -0.39 is 0 Å². The Kier molecular flexibility index (Phi) is 7.43. The lowest BCUT2D eigenvalue weighted by Gasteiger charge is -2.22. The van der Waals surface area contributed by atoms with Crippen molar-refractivity contribution in [3.05, 3.63) is 57.8 Å². The van der Waals surface area contributed by atoms with Crippen molar-refractivity contribution < 1.29 is 4.79 Å². The molecule has 2 rings (SSSR count). The highest BCUT2D eigenvalue weighted by atomic mass is 35.5. The van der Waals surface area contributed by atoms with Gasteiger partial charge in [-0.05, 0) is 29.0 Å². The van der Waals surface area contributed by atoms with Crippen LogP contribution in [-0.2, 0) is 13.0 Å². The summed E-state index contributed by atoms with van der Waals surface area (Å²) in [4.78, 5) is 15.3. The zero-order valence-electron chi connectivity index (χ0n) is 12.1. The topological polar surface area (TPSA) is 46.3 Å². The van der Waals surface area contributed by atoms with E-state index in [2.05, 4.69) is 6.92 Å². The Bertz CT molecular complexity index is 556. The first-order chi connectivity index (χ1) is 9.76. The Morgan fingerprint density at radius 3 is 2.57 bits per heavy atom. The average molecular weight is 325 g/mol. The number of nitrogens with zero attached hydrogens (tertiary/aromatic N) is 1. The number of halogens is 1. The maximum absolute atomic E-state index is 12.7. The number of hydrogen-bond donors (Lipinski definition) is 1. The number of benzene rings is 1. The number of hydrogen-bond acceptors (Lipinski definition) is 3. The van der Waals surface area contributed by atoms with Crippen molar-refractivity contribution in [2.24, 2.45) is 5.73 Å². The third-order valence-corrected chi connectivity index (χ3v) is 4.17. The largest absolute Gasteiger partial charge is 0.332 e. The monoisotopic (exact) mass is 324 g/mol. The third-order valence-electron chi connectivity index (χ3n) is 3.22. The molecule has 0 aliphatic rings. The number of carbonyl (C=O) groups is 1. The maximum Gasteiger partial charge on any atom is 0.264 e. The number of aryl methyl sites for hydroxylation is 1. The highest BCUT2D eigenvalue weighted by molar-refractivity contribution is 7.12. The summed E-state index contributed by atoms with van der Waals surface area (Å²) in [6.07, 6.45) is 0.881. The molecular weight excluding hydrogens is 304 g/mol. The third kappa shape index (κ3) is 4.56. The summed E-state index contributed by atoms with van der Waals surface area (Å²) in [6.45, 7) is 3.74. The Labute approximate surface area is 136 Å². The molecule has 1 aromatic carbocycles. The molecule has 3 nitrogen and oxygen atoms in total. The first kappa shape index (κ1) is 17.7. The normalized spacial score (nSPS) is 10.0. The van der Waals surface area contributed by atoms with Gasteiger partial charge in [0.2, 0.25) is 0 Å². The number of amides is 1. The van der Waals surface area contributed by atoms with E-state index in [0.717, 1.165) is 22.4 Å². The van der Waals surface area contributed by atoms with Gasteiger partial charge >= 0.3 is 0 Å². The predicted octanol–water partition coefficient (Wildman–Crippen LogP) is 3.33. The van der Waals surface area contributed by atoms with Crippen LogP contribution >= 0.6 is 23.7 Å². The summed E-state index contributed by atoms with van der Waals surface area (Å²) in [5, 5.41) is 1.98. The molecule has 0 atom stereocenters. The minimum atomic E-state index is 0. The van der Waals surface area contributed by atoms with Gasteiger partial charge in [0.25, 0.3) is 5.91 Å². The zero-order chi connectivity index (χ0) is 14.4. The fourth-order valence-electron chi connectivity index (χ4n) is 2.16. The zero-order valence-corrected chi connectivity index (χ0v) is 13.8. The molecule has 21 heavy (non-hydrogen) atoms. The molecule has 1 aromatic heterocycles. The second kappa shape index (κ2) is 8.82. The van der Waals surface area contributed by atoms with Crippen LogP contribution in [-0.4, -0.2) is 23.9 Å². The minimum Gasteiger partial charge on any atom is -0.332 e. The van der Waals surface area contributed by atoms with Crippen LogP contribution in [0, 0.1) is 0 Å². The molecular formula is C16H21ClN2OS. The van der Waals surface area contributed by atoms with Gasteiger partial charge in [0.15, 0.2) is 0 Å². The lowest BCUT2D eigenvalue weighted by Crippen LogP contribution is -2.34. The van der Waals surface area contributed by atoms with Crippen molar-refractivity contribution in [3.63, 3.8) is 0 Å². The summed E-state index contributed by atoms with van der Waals surface area (Å²) < 4.78 is 0. The smallest absolute Gasteiger partial charge is 0.264 e. The van der Waals surface area contributed by atoms with Crippen LogP contribution in [0.3, 0.4) is 0 Å². The molecule has 1 amide bonds. The second-order valence-corrected chi connectivity index (χ2v) is 5.55. The lowest BCUT2D eigenvalue weighted by molar-refractivity contribution is 0.0752. The van der Waals surface area contributed by atoms with Crippen LogP contribution in [0.1, 0.15) is 27.7 Å². The first-order valence-corrected chi connectivity index (χ1v) is 7.73. The fraction of sp³-hybridized carbons (Fsp3) is 0.312. The summed E-state index contributed by atoms with van der Waals surface area (Å²) in [5.74, 6) is 0.0890. The molecule has 5 heteroatoms. The van der Waals surface area contributed by atoms with Crippen LogP contribution in [0.4, 0.5) is 0 Å². The summed E-state index contributed by atoms with van der Waals surface area (Å²) >= 11 is 1.51. The van der Waals surface area contributed by atoms with Gasteiger partial charge in [0.1, 0.15) is 0 Å². The van der Waals surface area contributed by atoms with E-state index >= 15 is 0 Å². The first-order valence-electron chi connectivity index (χ1n) is 6.86. The van der Waals surface area contributed by atoms with Gasteiger partial charge in [-0.15, -0.1) is 23.7 Å². The van der Waals surface area contributed by atoms with E-state index in [1.165, 1.54) is 11.3 Å². The van der Waals surface area contributed by atoms with Gasteiger partial charge in [0, 0.05) is 19.6 Å². The van der Waals surface area contributed by atoms with E-state index in [1.807, 2.05) is 46.7 Å². The molecule has 0 unspecified atom stereocenters. The van der Waals surface area contributed by atoms with Crippen molar-refractivity contribution in [1.82, 2.24) is 4.90 Å². The Hall–Kier alpha value is -1.36. The molecule has 1 heterocycles. The van der Waals surface area contributed by atoms with Gasteiger partial charge in [-0.2, -0.15) is 0 Å². The molecule has 0 aliphatic carbocycles. The van der Waals surface area contributed by atoms with Crippen molar-refractivity contribution in [2.75, 3.05) is 13.1 Å². The van der Waals surface area contributed by atoms with Crippen molar-refractivity contribution in [2.45, 2.75) is 19.9 Å². The number of thiophene rings is 1. The van der Waals surface area contributed by atoms with E-state index in [-0.39, 0.29) is 18.3 Å². The molecule has 0 fully saturated rings. The number of rotatable bonds is 6. The minimum absolute atomic E-state index is 0. The van der Waals surface area contributed by atoms with Gasteiger partial charge in [-0.1, -0.05) is 37.3 Å². The quantitative estimate of drug-likeness (QED) is 0.886. The van der Waals surface area contributed by atoms with Gasteiger partial charge < -0.3 is 10.6 Å². The Morgan fingerprint density at radius 1 is 1.24 bits per heavy atom. The van der Waals surface area contributed by atoms with Crippen LogP contribution in [0.15, 0.2) is 41.8 Å². The molecule has 0 spiro atoms. The molecule has 0 bridgehead atoms. The SMILES string of the molecule is CCc1ccsc1C(=O)N(CCN)Cc1ccccc1.Cl. The number of nitrogens with two attached hydrogens (primary N) is 1. The van der Waals surface area contributed by atoms with Crippen LogP contribution in [0.25, 0.3) is 0 Å². The molecule has 0 saturated carbocycles. The van der Waals surface area contributed by atoms with E-state index in [9.17, 15) is 4.79 Å². The average Bonchev–Trinajstić information content (AvgIpc) is 2.95. The highest BCUT2D eigenvalue weighted by Gasteiger charge is 2.19. The summed E-state index contributed by atoms with van der Waals surface area (Å²) in [7, 11) is 0. The van der Waals surface area contributed by atoms with Gasteiger partial charge in [0.05, 0.1) is 4.88 Å². The molecule has 0 saturated heterocycles. The Morgan fingerprint density at radius 2 is 1.95 bits per heavy atom. The summed E-state index contributed by atoms with van der Waals surface area (Å²) in [6, 6.07) is 12.1. The summed E-state index contributed by atoms with van der Waals surface area (Å²) in [5.41, 5.74) is 7.90. The maximum atomic E-state index is 12.7. The van der Waals surface area contributed by atoms with Gasteiger partial charge in [-0.3, -0.25) is 4.79 Å². The predicted molar refractivity (Wildman–Crippen MR) is 91.2 cm³/mol. The van der Waals surface area contributed by atoms with E-state index in [4.69, 9.17) is 5.73 Å². The second-order valence-electron chi connectivity index (χ2n) is 4.63. The molecule has 2 N–H and O–H groups in total. The van der Waals surface area contributed by atoms with Crippen molar-refractivity contribution in [3.8, 4) is 0 Å². The molecule has 114 valence electrons. The Balaban J connectivity index is 0.00000220. The van der Waals surface area contributed by atoms with Crippen molar-refractivity contribution >= 4 is 29.7 Å². The van der Waals surface area contributed by atoms with Crippen LogP contribution < -0.4 is 5.73 Å².